The number of aromatic nitrogens is 3. The van der Waals surface area contributed by atoms with Crippen LogP contribution in [0.25, 0.3) is 11.0 Å². The highest BCUT2D eigenvalue weighted by Crippen LogP contribution is 2.10. The molecule has 0 unspecified atom stereocenters. The van der Waals surface area contributed by atoms with Gasteiger partial charge >= 0.3 is 5.97 Å². The van der Waals surface area contributed by atoms with Crippen molar-refractivity contribution in [3.63, 3.8) is 0 Å². The van der Waals surface area contributed by atoms with Crippen molar-refractivity contribution in [2.75, 3.05) is 12.8 Å². The number of H-pyrrole nitrogens is 2. The van der Waals surface area contributed by atoms with Crippen molar-refractivity contribution in [3.05, 3.63) is 57.5 Å². The van der Waals surface area contributed by atoms with E-state index in [1.165, 1.54) is 13.2 Å². The van der Waals surface area contributed by atoms with Crippen LogP contribution in [0, 0.1) is 0 Å². The van der Waals surface area contributed by atoms with Crippen molar-refractivity contribution in [2.24, 2.45) is 0 Å². The minimum absolute atomic E-state index is 0.0306. The molecule has 0 spiro atoms. The predicted molar refractivity (Wildman–Crippen MR) is 90.1 cm³/mol. The minimum atomic E-state index is -0.425. The molecule has 25 heavy (non-hydrogen) atoms. The number of methoxy groups -OCH3 is 1. The Morgan fingerprint density at radius 1 is 1.24 bits per heavy atom. The van der Waals surface area contributed by atoms with Gasteiger partial charge in [-0.3, -0.25) is 14.6 Å². The maximum Gasteiger partial charge on any atom is 0.337 e. The summed E-state index contributed by atoms with van der Waals surface area (Å²) in [4.78, 5) is 44.4. The van der Waals surface area contributed by atoms with Crippen LogP contribution in [0.15, 0.2) is 35.1 Å². The number of benzene rings is 1. The number of nitrogens with one attached hydrogen (secondary N) is 3. The van der Waals surface area contributed by atoms with E-state index >= 15 is 0 Å². The van der Waals surface area contributed by atoms with Crippen molar-refractivity contribution in [1.82, 2.24) is 20.3 Å². The molecule has 0 fully saturated rings. The van der Waals surface area contributed by atoms with E-state index in [1.807, 2.05) is 0 Å². The summed E-state index contributed by atoms with van der Waals surface area (Å²) in [6, 6.07) is 8.07. The molecule has 3 rings (SSSR count). The van der Waals surface area contributed by atoms with E-state index in [9.17, 15) is 14.4 Å². The number of fused-ring (bicyclic) bond motifs is 1. The predicted octanol–water partition coefficient (Wildman–Crippen LogP) is 0.550. The summed E-state index contributed by atoms with van der Waals surface area (Å²) >= 11 is 0. The molecule has 0 aliphatic rings. The maximum absolute atomic E-state index is 12.2. The molecule has 2 heterocycles. The molecule has 0 aliphatic carbocycles. The van der Waals surface area contributed by atoms with Crippen molar-refractivity contribution < 1.29 is 14.3 Å². The van der Waals surface area contributed by atoms with E-state index < -0.39 is 17.4 Å². The summed E-state index contributed by atoms with van der Waals surface area (Å²) in [5.74, 6) is -0.851. The number of amides is 1. The first kappa shape index (κ1) is 16.2. The average Bonchev–Trinajstić information content (AvgIpc) is 3.04. The van der Waals surface area contributed by atoms with Crippen LogP contribution >= 0.6 is 0 Å². The minimum Gasteiger partial charge on any atom is -0.465 e. The maximum atomic E-state index is 12.2. The van der Waals surface area contributed by atoms with Crippen LogP contribution in [0.1, 0.15) is 26.4 Å². The number of ether oxygens (including phenoxy) is 1. The normalized spacial score (nSPS) is 10.6. The smallest absolute Gasteiger partial charge is 0.337 e. The van der Waals surface area contributed by atoms with Gasteiger partial charge in [-0.25, -0.2) is 4.79 Å². The number of hydrogen-bond donors (Lipinski definition) is 4. The Labute approximate surface area is 141 Å². The van der Waals surface area contributed by atoms with Crippen LogP contribution in [0.5, 0.6) is 0 Å². The number of nitrogens with two attached hydrogens (primary N) is 1. The third-order valence-electron chi connectivity index (χ3n) is 3.59. The third kappa shape index (κ3) is 3.34. The summed E-state index contributed by atoms with van der Waals surface area (Å²) < 4.78 is 4.62. The molecule has 0 atom stereocenters. The van der Waals surface area contributed by atoms with Crippen LogP contribution in [-0.4, -0.2) is 33.9 Å². The number of anilines is 1. The molecular weight excluding hydrogens is 326 g/mol. The number of carbonyl (C=O) groups is 2. The van der Waals surface area contributed by atoms with Gasteiger partial charge in [0.1, 0.15) is 11.3 Å². The molecule has 0 bridgehead atoms. The Hall–Kier alpha value is -3.62. The van der Waals surface area contributed by atoms with Gasteiger partial charge in [0.05, 0.1) is 18.1 Å². The topological polar surface area (TPSA) is 143 Å². The highest BCUT2D eigenvalue weighted by Gasteiger charge is 2.13. The number of rotatable bonds is 4. The quantitative estimate of drug-likeness (QED) is 0.510. The van der Waals surface area contributed by atoms with Crippen molar-refractivity contribution in [1.29, 1.82) is 0 Å². The number of nitrogen functional groups attached to an aromatic ring is 1. The number of esters is 1. The molecular formula is C16H15N5O4. The van der Waals surface area contributed by atoms with Gasteiger partial charge in [-0.15, -0.1) is 0 Å². The molecule has 5 N–H and O–H groups in total. The molecule has 0 saturated carbocycles. The first-order valence-electron chi connectivity index (χ1n) is 7.32. The molecule has 0 aliphatic heterocycles. The number of aromatic amines is 2. The molecule has 9 heteroatoms. The lowest BCUT2D eigenvalue weighted by Crippen LogP contribution is -2.23. The van der Waals surface area contributed by atoms with E-state index in [4.69, 9.17) is 5.73 Å². The van der Waals surface area contributed by atoms with Gasteiger partial charge in [-0.1, -0.05) is 12.1 Å². The van der Waals surface area contributed by atoms with Crippen LogP contribution < -0.4 is 16.6 Å². The van der Waals surface area contributed by atoms with Crippen molar-refractivity contribution in [2.45, 2.75) is 6.54 Å². The zero-order valence-corrected chi connectivity index (χ0v) is 13.3. The molecule has 128 valence electrons. The summed E-state index contributed by atoms with van der Waals surface area (Å²) in [5.41, 5.74) is 6.72. The lowest BCUT2D eigenvalue weighted by molar-refractivity contribution is 0.0600. The highest BCUT2D eigenvalue weighted by atomic mass is 16.5. The SMILES string of the molecule is COC(=O)c1ccc(CNC(=O)c2cc3c(=O)[nH]c(N)nc3[nH]2)cc1. The second kappa shape index (κ2) is 6.48. The Balaban J connectivity index is 1.71. The summed E-state index contributed by atoms with van der Waals surface area (Å²) in [5, 5.41) is 2.97. The Morgan fingerprint density at radius 3 is 2.64 bits per heavy atom. The standard InChI is InChI=1S/C16H15N5O4/c1-25-15(24)9-4-2-8(3-5-9)7-18-14(23)11-6-10-12(19-11)20-16(17)21-13(10)22/h2-6H,7H2,1H3,(H,18,23)(H4,17,19,20,21,22). The lowest BCUT2D eigenvalue weighted by atomic mass is 10.1. The van der Waals surface area contributed by atoms with Crippen LogP contribution in [0.2, 0.25) is 0 Å². The molecule has 0 saturated heterocycles. The second-order valence-corrected chi connectivity index (χ2v) is 5.27. The fraction of sp³-hybridized carbons (Fsp3) is 0.125. The van der Waals surface area contributed by atoms with E-state index in [0.29, 0.717) is 5.56 Å². The number of hydrogen-bond acceptors (Lipinski definition) is 6. The van der Waals surface area contributed by atoms with Gasteiger partial charge in [0.25, 0.3) is 11.5 Å². The van der Waals surface area contributed by atoms with Crippen molar-refractivity contribution >= 4 is 28.9 Å². The van der Waals surface area contributed by atoms with Gasteiger partial charge in [0.15, 0.2) is 0 Å². The fourth-order valence-corrected chi connectivity index (χ4v) is 2.31. The fourth-order valence-electron chi connectivity index (χ4n) is 2.31. The molecule has 3 aromatic rings. The number of carbonyl (C=O) groups excluding carboxylic acids is 2. The van der Waals surface area contributed by atoms with E-state index in [1.54, 1.807) is 24.3 Å². The molecule has 1 amide bonds. The van der Waals surface area contributed by atoms with Gasteiger partial charge in [-0.2, -0.15) is 4.98 Å². The zero-order valence-electron chi connectivity index (χ0n) is 13.3. The van der Waals surface area contributed by atoms with Crippen LogP contribution in [0.3, 0.4) is 0 Å². The Kier molecular flexibility index (Phi) is 4.21. The Bertz CT molecular complexity index is 1000. The molecule has 9 nitrogen and oxygen atoms in total. The summed E-state index contributed by atoms with van der Waals surface area (Å²) in [7, 11) is 1.31. The van der Waals surface area contributed by atoms with Crippen LogP contribution in [-0.2, 0) is 11.3 Å². The monoisotopic (exact) mass is 341 g/mol. The van der Waals surface area contributed by atoms with Gasteiger partial charge in [0.2, 0.25) is 5.95 Å². The summed E-state index contributed by atoms with van der Waals surface area (Å²) in [6.07, 6.45) is 0. The molecule has 1 aromatic carbocycles. The third-order valence-corrected chi connectivity index (χ3v) is 3.59. The molecule has 0 radical (unpaired) electrons. The van der Waals surface area contributed by atoms with E-state index in [-0.39, 0.29) is 29.2 Å². The van der Waals surface area contributed by atoms with Crippen LogP contribution in [0.4, 0.5) is 5.95 Å². The number of nitrogens with zero attached hydrogens (tertiary/aromatic N) is 1. The summed E-state index contributed by atoms with van der Waals surface area (Å²) in [6.45, 7) is 0.252. The van der Waals surface area contributed by atoms with E-state index in [2.05, 4.69) is 25.0 Å². The van der Waals surface area contributed by atoms with E-state index in [0.717, 1.165) is 5.56 Å². The first-order valence-corrected chi connectivity index (χ1v) is 7.32. The zero-order chi connectivity index (χ0) is 18.0. The second-order valence-electron chi connectivity index (χ2n) is 5.27. The average molecular weight is 341 g/mol. The lowest BCUT2D eigenvalue weighted by Gasteiger charge is -2.05. The van der Waals surface area contributed by atoms with Gasteiger partial charge in [0, 0.05) is 6.54 Å². The van der Waals surface area contributed by atoms with Gasteiger partial charge < -0.3 is 20.8 Å². The molecule has 2 aromatic heterocycles. The largest absolute Gasteiger partial charge is 0.465 e. The first-order chi connectivity index (χ1) is 12.0. The Morgan fingerprint density at radius 2 is 1.96 bits per heavy atom. The van der Waals surface area contributed by atoms with Crippen molar-refractivity contribution in [3.8, 4) is 0 Å². The van der Waals surface area contributed by atoms with Gasteiger partial charge in [-0.05, 0) is 23.8 Å². The highest BCUT2D eigenvalue weighted by molar-refractivity contribution is 5.97.